The molecule has 0 heterocycles. The average molecular weight is 443 g/mol. The van der Waals surface area contributed by atoms with Crippen molar-refractivity contribution in [1.29, 1.82) is 0 Å². The molecule has 30 heavy (non-hydrogen) atoms. The number of nitrogens with one attached hydrogen (secondary N) is 2. The third-order valence-corrected chi connectivity index (χ3v) is 6.60. The summed E-state index contributed by atoms with van der Waals surface area (Å²) in [5.41, 5.74) is 3.44. The first kappa shape index (κ1) is 21.9. The Morgan fingerprint density at radius 3 is 2.33 bits per heavy atom. The van der Waals surface area contributed by atoms with Gasteiger partial charge in [0.25, 0.3) is 15.9 Å². The predicted octanol–water partition coefficient (Wildman–Crippen LogP) is 5.25. The molecule has 1 atom stereocenters. The maximum atomic E-state index is 13.0. The fourth-order valence-corrected chi connectivity index (χ4v) is 4.74. The molecule has 0 radical (unpaired) electrons. The molecule has 0 spiro atoms. The minimum atomic E-state index is -3.98. The lowest BCUT2D eigenvalue weighted by Gasteiger charge is -2.16. The van der Waals surface area contributed by atoms with Crippen molar-refractivity contribution in [2.24, 2.45) is 0 Å². The zero-order chi connectivity index (χ0) is 21.9. The van der Waals surface area contributed by atoms with Gasteiger partial charge in [-0.25, -0.2) is 8.42 Å². The maximum absolute atomic E-state index is 13.0. The Kier molecular flexibility index (Phi) is 6.48. The van der Waals surface area contributed by atoms with Crippen LogP contribution in [0.15, 0.2) is 71.6 Å². The van der Waals surface area contributed by atoms with Crippen molar-refractivity contribution in [2.75, 3.05) is 4.72 Å². The summed E-state index contributed by atoms with van der Waals surface area (Å²) in [6.45, 7) is 5.62. The molecule has 0 aliphatic carbocycles. The van der Waals surface area contributed by atoms with E-state index < -0.39 is 10.0 Å². The summed E-state index contributed by atoms with van der Waals surface area (Å²) in [7, 11) is -3.98. The van der Waals surface area contributed by atoms with Crippen LogP contribution in [0.5, 0.6) is 0 Å². The number of anilines is 1. The highest BCUT2D eigenvalue weighted by Crippen LogP contribution is 2.27. The van der Waals surface area contributed by atoms with Gasteiger partial charge in [0.05, 0.1) is 16.8 Å². The van der Waals surface area contributed by atoms with E-state index in [1.165, 1.54) is 18.2 Å². The molecule has 5 nitrogen and oxygen atoms in total. The minimum absolute atomic E-state index is 0.0416. The smallest absolute Gasteiger partial charge is 0.263 e. The molecule has 7 heteroatoms. The van der Waals surface area contributed by atoms with Crippen LogP contribution in [0.1, 0.15) is 40.0 Å². The van der Waals surface area contributed by atoms with Crippen molar-refractivity contribution < 1.29 is 13.2 Å². The van der Waals surface area contributed by atoms with E-state index in [1.54, 1.807) is 6.07 Å². The molecular formula is C23H23ClN2O3S. The summed E-state index contributed by atoms with van der Waals surface area (Å²) in [5.74, 6) is -0.383. The number of rotatable bonds is 6. The number of aryl methyl sites for hydroxylation is 2. The van der Waals surface area contributed by atoms with Gasteiger partial charge in [0.1, 0.15) is 4.90 Å². The molecule has 0 saturated heterocycles. The number of halogens is 1. The molecular weight excluding hydrogens is 420 g/mol. The van der Waals surface area contributed by atoms with Gasteiger partial charge in [-0.3, -0.25) is 9.52 Å². The Bertz CT molecular complexity index is 1180. The van der Waals surface area contributed by atoms with E-state index in [0.29, 0.717) is 5.69 Å². The van der Waals surface area contributed by atoms with Crippen molar-refractivity contribution in [3.8, 4) is 0 Å². The fourth-order valence-electron chi connectivity index (χ4n) is 3.08. The first-order chi connectivity index (χ1) is 14.2. The molecule has 0 aromatic heterocycles. The Labute approximate surface area is 182 Å². The molecule has 0 saturated carbocycles. The fraction of sp³-hybridized carbons (Fsp3) is 0.174. The van der Waals surface area contributed by atoms with Crippen LogP contribution in [0.25, 0.3) is 0 Å². The summed E-state index contributed by atoms with van der Waals surface area (Å²) in [5, 5.41) is 2.92. The van der Waals surface area contributed by atoms with Crippen molar-refractivity contribution in [3.63, 3.8) is 0 Å². The molecule has 3 aromatic carbocycles. The third-order valence-electron chi connectivity index (χ3n) is 4.76. The van der Waals surface area contributed by atoms with Gasteiger partial charge in [-0.05, 0) is 56.2 Å². The second-order valence-electron chi connectivity index (χ2n) is 7.17. The van der Waals surface area contributed by atoms with Crippen LogP contribution in [0, 0.1) is 13.8 Å². The molecule has 0 fully saturated rings. The van der Waals surface area contributed by atoms with Gasteiger partial charge in [-0.15, -0.1) is 0 Å². The summed E-state index contributed by atoms with van der Waals surface area (Å²) >= 11 is 6.17. The minimum Gasteiger partial charge on any atom is -0.346 e. The van der Waals surface area contributed by atoms with Crippen LogP contribution in [0.4, 0.5) is 5.69 Å². The van der Waals surface area contributed by atoms with E-state index in [-0.39, 0.29) is 27.4 Å². The number of carbonyl (C=O) groups excluding carboxylic acids is 1. The number of amides is 1. The lowest BCUT2D eigenvalue weighted by molar-refractivity contribution is 0.0939. The zero-order valence-corrected chi connectivity index (χ0v) is 18.5. The summed E-state index contributed by atoms with van der Waals surface area (Å²) in [4.78, 5) is 12.6. The predicted molar refractivity (Wildman–Crippen MR) is 120 cm³/mol. The molecule has 0 bridgehead atoms. The summed E-state index contributed by atoms with van der Waals surface area (Å²) < 4.78 is 28.5. The lowest BCUT2D eigenvalue weighted by Crippen LogP contribution is -2.27. The van der Waals surface area contributed by atoms with Crippen LogP contribution in [-0.2, 0) is 10.0 Å². The summed E-state index contributed by atoms with van der Waals surface area (Å²) in [6, 6.07) is 18.9. The zero-order valence-electron chi connectivity index (χ0n) is 16.9. The quantitative estimate of drug-likeness (QED) is 0.547. The van der Waals surface area contributed by atoms with Crippen molar-refractivity contribution in [2.45, 2.75) is 31.7 Å². The Morgan fingerprint density at radius 1 is 0.967 bits per heavy atom. The van der Waals surface area contributed by atoms with E-state index in [4.69, 9.17) is 11.6 Å². The van der Waals surface area contributed by atoms with Gasteiger partial charge in [0, 0.05) is 5.56 Å². The molecule has 2 N–H and O–H groups in total. The van der Waals surface area contributed by atoms with E-state index in [9.17, 15) is 13.2 Å². The van der Waals surface area contributed by atoms with E-state index >= 15 is 0 Å². The SMILES string of the molecule is Cc1ccc(NS(=O)(=O)c2cc(C(=O)NC(C)c3ccccc3)ccc2Cl)c(C)c1. The molecule has 156 valence electrons. The van der Waals surface area contributed by atoms with Gasteiger partial charge in [0.15, 0.2) is 0 Å². The van der Waals surface area contributed by atoms with Crippen LogP contribution in [0.3, 0.4) is 0 Å². The third kappa shape index (κ3) is 5.01. The highest BCUT2D eigenvalue weighted by Gasteiger charge is 2.22. The number of hydrogen-bond acceptors (Lipinski definition) is 3. The van der Waals surface area contributed by atoms with Crippen molar-refractivity contribution in [1.82, 2.24) is 5.32 Å². The number of carbonyl (C=O) groups is 1. The number of hydrogen-bond donors (Lipinski definition) is 2. The van der Waals surface area contributed by atoms with Crippen LogP contribution < -0.4 is 10.0 Å². The molecule has 1 unspecified atom stereocenters. The first-order valence-corrected chi connectivity index (χ1v) is 11.3. The van der Waals surface area contributed by atoms with E-state index in [0.717, 1.165) is 16.7 Å². The largest absolute Gasteiger partial charge is 0.346 e. The molecule has 0 aliphatic heterocycles. The topological polar surface area (TPSA) is 75.3 Å². The van der Waals surface area contributed by atoms with Gasteiger partial charge >= 0.3 is 0 Å². The highest BCUT2D eigenvalue weighted by molar-refractivity contribution is 7.92. The summed E-state index contributed by atoms with van der Waals surface area (Å²) in [6.07, 6.45) is 0. The number of sulfonamides is 1. The van der Waals surface area contributed by atoms with Gasteiger partial charge in [-0.1, -0.05) is 59.6 Å². The Balaban J connectivity index is 1.86. The standard InChI is InChI=1S/C23H23ClN2O3S/c1-15-9-12-21(16(2)13-15)26-30(28,29)22-14-19(10-11-20(22)24)23(27)25-17(3)18-7-5-4-6-8-18/h4-14,17,26H,1-3H3,(H,25,27). The first-order valence-electron chi connectivity index (χ1n) is 9.43. The van der Waals surface area contributed by atoms with Crippen LogP contribution >= 0.6 is 11.6 Å². The van der Waals surface area contributed by atoms with Gasteiger partial charge in [0.2, 0.25) is 0 Å². The van der Waals surface area contributed by atoms with Crippen LogP contribution in [0.2, 0.25) is 5.02 Å². The molecule has 3 rings (SSSR count). The second kappa shape index (κ2) is 8.90. The van der Waals surface area contributed by atoms with Crippen molar-refractivity contribution in [3.05, 3.63) is 94.0 Å². The molecule has 1 amide bonds. The monoisotopic (exact) mass is 442 g/mol. The second-order valence-corrected chi connectivity index (χ2v) is 9.23. The van der Waals surface area contributed by atoms with Gasteiger partial charge < -0.3 is 5.32 Å². The van der Waals surface area contributed by atoms with Crippen LogP contribution in [-0.4, -0.2) is 14.3 Å². The lowest BCUT2D eigenvalue weighted by atomic mass is 10.1. The Hall–Kier alpha value is -2.83. The van der Waals surface area contributed by atoms with E-state index in [1.807, 2.05) is 63.2 Å². The Morgan fingerprint density at radius 2 is 1.67 bits per heavy atom. The van der Waals surface area contributed by atoms with Gasteiger partial charge in [-0.2, -0.15) is 0 Å². The number of benzene rings is 3. The molecule has 0 aliphatic rings. The normalized spacial score (nSPS) is 12.3. The molecule has 3 aromatic rings. The maximum Gasteiger partial charge on any atom is 0.263 e. The van der Waals surface area contributed by atoms with E-state index in [2.05, 4.69) is 10.0 Å². The van der Waals surface area contributed by atoms with Crippen molar-refractivity contribution >= 4 is 33.2 Å². The highest BCUT2D eigenvalue weighted by atomic mass is 35.5. The average Bonchev–Trinajstić information content (AvgIpc) is 2.71.